The van der Waals surface area contributed by atoms with Gasteiger partial charge in [-0.15, -0.1) is 0 Å². The summed E-state index contributed by atoms with van der Waals surface area (Å²) >= 11 is 0. The Morgan fingerprint density at radius 2 is 1.61 bits per heavy atom. The number of rotatable bonds is 6. The van der Waals surface area contributed by atoms with E-state index >= 15 is 0 Å². The topological polar surface area (TPSA) is 130 Å². The molecule has 3 N–H and O–H groups in total. The average Bonchev–Trinajstić information content (AvgIpc) is 2.43. The summed E-state index contributed by atoms with van der Waals surface area (Å²) in [6.45, 7) is 5.96. The van der Waals surface area contributed by atoms with E-state index in [-0.39, 0.29) is 29.7 Å². The molecule has 124 valence electrons. The molecular formula is C15H17NO7. The van der Waals surface area contributed by atoms with Crippen molar-refractivity contribution in [2.45, 2.75) is 20.8 Å². The molecule has 8 heteroatoms. The maximum atomic E-state index is 12.2. The van der Waals surface area contributed by atoms with E-state index in [1.807, 2.05) is 20.8 Å². The summed E-state index contributed by atoms with van der Waals surface area (Å²) in [6.07, 6.45) is 0. The van der Waals surface area contributed by atoms with E-state index in [9.17, 15) is 19.2 Å². The molecule has 0 saturated heterocycles. The van der Waals surface area contributed by atoms with E-state index < -0.39 is 29.0 Å². The third-order valence-electron chi connectivity index (χ3n) is 2.78. The molecule has 0 radical (unpaired) electrons. The number of amides is 1. The quantitative estimate of drug-likeness (QED) is 0.674. The molecular weight excluding hydrogens is 306 g/mol. The van der Waals surface area contributed by atoms with Crippen molar-refractivity contribution in [1.82, 2.24) is 5.32 Å². The summed E-state index contributed by atoms with van der Waals surface area (Å²) in [5.74, 6) is -4.02. The second-order valence-electron chi connectivity index (χ2n) is 5.96. The van der Waals surface area contributed by atoms with Crippen molar-refractivity contribution in [3.8, 4) is 5.75 Å². The van der Waals surface area contributed by atoms with Crippen molar-refractivity contribution in [3.05, 3.63) is 28.8 Å². The van der Waals surface area contributed by atoms with Gasteiger partial charge in [0.1, 0.15) is 5.75 Å². The van der Waals surface area contributed by atoms with Gasteiger partial charge < -0.3 is 20.3 Å². The fraction of sp³-hybridized carbons (Fsp3) is 0.333. The number of carbonyl (C=O) groups is 4. The van der Waals surface area contributed by atoms with Gasteiger partial charge in [-0.1, -0.05) is 20.8 Å². The highest BCUT2D eigenvalue weighted by molar-refractivity contribution is 6.06. The van der Waals surface area contributed by atoms with Gasteiger partial charge >= 0.3 is 11.9 Å². The van der Waals surface area contributed by atoms with Gasteiger partial charge in [0.25, 0.3) is 12.4 Å². The molecule has 1 aromatic carbocycles. The van der Waals surface area contributed by atoms with Gasteiger partial charge in [-0.05, 0) is 17.5 Å². The van der Waals surface area contributed by atoms with Gasteiger partial charge in [0.2, 0.25) is 0 Å². The van der Waals surface area contributed by atoms with Crippen LogP contribution in [0.15, 0.2) is 12.1 Å². The van der Waals surface area contributed by atoms with Gasteiger partial charge in [-0.2, -0.15) is 0 Å². The molecule has 1 rings (SSSR count). The summed E-state index contributed by atoms with van der Waals surface area (Å²) in [5, 5.41) is 20.7. The number of hydrogen-bond donors (Lipinski definition) is 3. The van der Waals surface area contributed by atoms with E-state index in [2.05, 4.69) is 10.1 Å². The molecule has 0 spiro atoms. The van der Waals surface area contributed by atoms with Crippen molar-refractivity contribution in [3.63, 3.8) is 0 Å². The number of benzene rings is 1. The summed E-state index contributed by atoms with van der Waals surface area (Å²) in [5.41, 5.74) is -1.61. The third-order valence-corrected chi connectivity index (χ3v) is 2.78. The van der Waals surface area contributed by atoms with Gasteiger partial charge in [0.15, 0.2) is 0 Å². The lowest BCUT2D eigenvalue weighted by Crippen LogP contribution is -2.32. The van der Waals surface area contributed by atoms with Crippen LogP contribution in [0.5, 0.6) is 5.75 Å². The first kappa shape index (κ1) is 18.1. The minimum absolute atomic E-state index is 0.0297. The first-order chi connectivity index (χ1) is 10.6. The molecule has 0 aliphatic carbocycles. The Morgan fingerprint density at radius 3 is 2.04 bits per heavy atom. The molecule has 0 aliphatic heterocycles. The molecule has 0 aromatic heterocycles. The van der Waals surface area contributed by atoms with E-state index in [0.29, 0.717) is 0 Å². The number of aromatic carboxylic acids is 2. The van der Waals surface area contributed by atoms with Crippen molar-refractivity contribution < 1.29 is 34.1 Å². The first-order valence-corrected chi connectivity index (χ1v) is 6.60. The molecule has 0 aliphatic rings. The van der Waals surface area contributed by atoms with Crippen molar-refractivity contribution in [1.29, 1.82) is 0 Å². The fourth-order valence-corrected chi connectivity index (χ4v) is 1.70. The van der Waals surface area contributed by atoms with Crippen LogP contribution >= 0.6 is 0 Å². The molecule has 0 saturated carbocycles. The van der Waals surface area contributed by atoms with Crippen molar-refractivity contribution >= 4 is 24.3 Å². The monoisotopic (exact) mass is 323 g/mol. The van der Waals surface area contributed by atoms with Gasteiger partial charge in [-0.25, -0.2) is 9.59 Å². The number of carboxylic acids is 2. The highest BCUT2D eigenvalue weighted by atomic mass is 16.5. The van der Waals surface area contributed by atoms with Gasteiger partial charge in [-0.3, -0.25) is 9.59 Å². The zero-order valence-corrected chi connectivity index (χ0v) is 12.9. The van der Waals surface area contributed by atoms with Crippen LogP contribution in [0.3, 0.4) is 0 Å². The standard InChI is InChI=1S/C15H17NO7/c1-15(2,3)6-16-12(18)10-4-8(13(19)20)9(14(21)22)5-11(10)23-7-17/h4-5,7H,6H2,1-3H3,(H,16,18)(H,19,20)(H,21,22). The number of carboxylic acid groups (broad SMARTS) is 2. The summed E-state index contributed by atoms with van der Waals surface area (Å²) in [7, 11) is 0. The lowest BCUT2D eigenvalue weighted by atomic mass is 9.96. The molecule has 0 unspecified atom stereocenters. The van der Waals surface area contributed by atoms with Crippen LogP contribution in [0.2, 0.25) is 0 Å². The van der Waals surface area contributed by atoms with Crippen LogP contribution in [0, 0.1) is 5.41 Å². The molecule has 0 atom stereocenters. The highest BCUT2D eigenvalue weighted by Gasteiger charge is 2.24. The van der Waals surface area contributed by atoms with Crippen LogP contribution in [-0.4, -0.2) is 41.1 Å². The third kappa shape index (κ3) is 4.80. The first-order valence-electron chi connectivity index (χ1n) is 6.60. The largest absolute Gasteiger partial charge is 0.478 e. The molecule has 23 heavy (non-hydrogen) atoms. The number of nitrogens with one attached hydrogen (secondary N) is 1. The Morgan fingerprint density at radius 1 is 1.09 bits per heavy atom. The summed E-state index contributed by atoms with van der Waals surface area (Å²) in [4.78, 5) is 45.0. The predicted molar refractivity (Wildman–Crippen MR) is 78.8 cm³/mol. The Bertz CT molecular complexity index is 659. The maximum absolute atomic E-state index is 12.2. The Hall–Kier alpha value is -2.90. The molecule has 0 heterocycles. The van der Waals surface area contributed by atoms with Gasteiger partial charge in [0.05, 0.1) is 16.7 Å². The van der Waals surface area contributed by atoms with Gasteiger partial charge in [0, 0.05) is 6.54 Å². The Balaban J connectivity index is 3.36. The van der Waals surface area contributed by atoms with Crippen LogP contribution < -0.4 is 10.1 Å². The molecule has 8 nitrogen and oxygen atoms in total. The number of hydrogen-bond acceptors (Lipinski definition) is 5. The fourth-order valence-electron chi connectivity index (χ4n) is 1.70. The normalized spacial score (nSPS) is 10.7. The zero-order valence-electron chi connectivity index (χ0n) is 12.9. The Kier molecular flexibility index (Phi) is 5.45. The van der Waals surface area contributed by atoms with Crippen LogP contribution in [-0.2, 0) is 4.79 Å². The highest BCUT2D eigenvalue weighted by Crippen LogP contribution is 2.25. The number of carbonyl (C=O) groups excluding carboxylic acids is 2. The second-order valence-corrected chi connectivity index (χ2v) is 5.96. The van der Waals surface area contributed by atoms with Crippen molar-refractivity contribution in [2.75, 3.05) is 6.54 Å². The van der Waals surface area contributed by atoms with E-state index in [0.717, 1.165) is 12.1 Å². The zero-order chi connectivity index (χ0) is 17.8. The number of ether oxygens (including phenoxy) is 1. The average molecular weight is 323 g/mol. The SMILES string of the molecule is CC(C)(C)CNC(=O)c1cc(C(=O)O)c(C(=O)O)cc1OC=O. The van der Waals surface area contributed by atoms with Crippen molar-refractivity contribution in [2.24, 2.45) is 5.41 Å². The summed E-state index contributed by atoms with van der Waals surface area (Å²) in [6, 6.07) is 1.72. The van der Waals surface area contributed by atoms with Crippen LogP contribution in [0.25, 0.3) is 0 Å². The minimum atomic E-state index is -1.51. The van der Waals surface area contributed by atoms with E-state index in [1.165, 1.54) is 0 Å². The molecule has 1 amide bonds. The lowest BCUT2D eigenvalue weighted by Gasteiger charge is -2.19. The second kappa shape index (κ2) is 6.91. The molecule has 0 bridgehead atoms. The van der Waals surface area contributed by atoms with Crippen LogP contribution in [0.1, 0.15) is 51.8 Å². The minimum Gasteiger partial charge on any atom is -0.478 e. The summed E-state index contributed by atoms with van der Waals surface area (Å²) < 4.78 is 4.62. The van der Waals surface area contributed by atoms with E-state index in [4.69, 9.17) is 10.2 Å². The molecule has 0 fully saturated rings. The molecule has 1 aromatic rings. The predicted octanol–water partition coefficient (Wildman–Crippen LogP) is 1.39. The smallest absolute Gasteiger partial charge is 0.336 e. The van der Waals surface area contributed by atoms with Crippen LogP contribution in [0.4, 0.5) is 0 Å². The van der Waals surface area contributed by atoms with E-state index in [1.54, 1.807) is 0 Å². The lowest BCUT2D eigenvalue weighted by molar-refractivity contribution is -0.120. The maximum Gasteiger partial charge on any atom is 0.336 e. The Labute approximate surface area is 132 Å².